The minimum Gasteiger partial charge on any atom is -0.459 e. The number of aliphatic hydroxyl groups is 2. The highest BCUT2D eigenvalue weighted by Crippen LogP contribution is 2.46. The van der Waals surface area contributed by atoms with E-state index in [0.717, 1.165) is 0 Å². The first-order chi connectivity index (χ1) is 15.7. The summed E-state index contributed by atoms with van der Waals surface area (Å²) in [4.78, 5) is 50.2. The predicted molar refractivity (Wildman–Crippen MR) is 121 cm³/mol. The van der Waals surface area contributed by atoms with Crippen LogP contribution in [0.15, 0.2) is 12.2 Å². The minimum atomic E-state index is -2.10. The van der Waals surface area contributed by atoms with Crippen LogP contribution in [0, 0.1) is 17.8 Å². The molecule has 192 valence electrons. The maximum atomic E-state index is 13.0. The van der Waals surface area contributed by atoms with Crippen molar-refractivity contribution in [1.29, 1.82) is 0 Å². The Labute approximate surface area is 200 Å². The second-order valence-electron chi connectivity index (χ2n) is 10.3. The Kier molecular flexibility index (Phi) is 8.69. The van der Waals surface area contributed by atoms with E-state index < -0.39 is 71.5 Å². The minimum absolute atomic E-state index is 0.0194. The fourth-order valence-electron chi connectivity index (χ4n) is 4.24. The Hall–Kier alpha value is -2.26. The van der Waals surface area contributed by atoms with Crippen molar-refractivity contribution in [2.75, 3.05) is 0 Å². The number of esters is 3. The summed E-state index contributed by atoms with van der Waals surface area (Å²) in [5.74, 6) is -3.50. The molecule has 1 saturated carbocycles. The highest BCUT2D eigenvalue weighted by atomic mass is 16.6. The number of hydrogen-bond donors (Lipinski definition) is 2. The van der Waals surface area contributed by atoms with Crippen LogP contribution in [0.5, 0.6) is 0 Å². The molecule has 2 rings (SSSR count). The Bertz CT molecular complexity index is 830. The van der Waals surface area contributed by atoms with Crippen LogP contribution in [0.25, 0.3) is 0 Å². The molecule has 9 nitrogen and oxygen atoms in total. The number of ketones is 1. The van der Waals surface area contributed by atoms with Crippen LogP contribution in [-0.4, -0.2) is 63.4 Å². The van der Waals surface area contributed by atoms with Gasteiger partial charge >= 0.3 is 17.9 Å². The highest BCUT2D eigenvalue weighted by molar-refractivity contribution is 5.97. The van der Waals surface area contributed by atoms with Crippen molar-refractivity contribution in [2.45, 2.75) is 103 Å². The second kappa shape index (κ2) is 10.6. The van der Waals surface area contributed by atoms with Crippen molar-refractivity contribution in [1.82, 2.24) is 0 Å². The number of carbonyl (C=O) groups is 4. The van der Waals surface area contributed by atoms with E-state index in [1.165, 1.54) is 6.92 Å². The van der Waals surface area contributed by atoms with Gasteiger partial charge in [-0.25, -0.2) is 4.79 Å². The van der Waals surface area contributed by atoms with Crippen LogP contribution < -0.4 is 0 Å². The van der Waals surface area contributed by atoms with Gasteiger partial charge in [0.15, 0.2) is 17.0 Å². The van der Waals surface area contributed by atoms with Gasteiger partial charge in [-0.2, -0.15) is 0 Å². The number of Topliss-reactive ketones (excluding diaryl/α,β-unsaturated/α-hetero) is 1. The lowest BCUT2D eigenvalue weighted by molar-refractivity contribution is -0.224. The quantitative estimate of drug-likeness (QED) is 0.332. The third-order valence-corrected chi connectivity index (χ3v) is 7.00. The van der Waals surface area contributed by atoms with Crippen LogP contribution in [0.2, 0.25) is 0 Å². The lowest BCUT2D eigenvalue weighted by atomic mass is 9.70. The first kappa shape index (κ1) is 28.0. The molecule has 1 aliphatic carbocycles. The summed E-state index contributed by atoms with van der Waals surface area (Å²) in [5, 5.41) is 22.6. The Morgan fingerprint density at radius 2 is 1.85 bits per heavy atom. The third-order valence-electron chi connectivity index (χ3n) is 7.00. The number of ether oxygens (including phenoxy) is 3. The molecule has 1 heterocycles. The zero-order valence-electron chi connectivity index (χ0n) is 21.0. The summed E-state index contributed by atoms with van der Waals surface area (Å²) in [6, 6.07) is 0. The second-order valence-corrected chi connectivity index (χ2v) is 10.3. The van der Waals surface area contributed by atoms with E-state index in [0.29, 0.717) is 6.42 Å². The summed E-state index contributed by atoms with van der Waals surface area (Å²) < 4.78 is 16.6. The molecule has 1 aliphatic heterocycles. The number of carbonyl (C=O) groups excluding carboxylic acids is 4. The summed E-state index contributed by atoms with van der Waals surface area (Å²) in [6.07, 6.45) is -3.82. The zero-order chi connectivity index (χ0) is 26.0. The Morgan fingerprint density at radius 3 is 2.35 bits per heavy atom. The van der Waals surface area contributed by atoms with Gasteiger partial charge in [0, 0.05) is 19.3 Å². The van der Waals surface area contributed by atoms with E-state index in [2.05, 4.69) is 6.58 Å². The van der Waals surface area contributed by atoms with Crippen LogP contribution in [-0.2, 0) is 33.4 Å². The lowest BCUT2D eigenvalue weighted by Gasteiger charge is -2.51. The molecule has 2 aliphatic rings. The first-order valence-electron chi connectivity index (χ1n) is 11.9. The van der Waals surface area contributed by atoms with E-state index in [1.807, 2.05) is 13.8 Å². The topological polar surface area (TPSA) is 136 Å². The monoisotopic (exact) mass is 482 g/mol. The molecule has 7 unspecified atom stereocenters. The predicted octanol–water partition coefficient (Wildman–Crippen LogP) is 2.26. The fourth-order valence-corrected chi connectivity index (χ4v) is 4.24. The summed E-state index contributed by atoms with van der Waals surface area (Å²) in [6.45, 7) is 13.8. The highest BCUT2D eigenvalue weighted by Gasteiger charge is 2.63. The molecule has 0 amide bonds. The summed E-state index contributed by atoms with van der Waals surface area (Å²) in [5.41, 5.74) is -4.00. The number of hydrogen-bond acceptors (Lipinski definition) is 9. The summed E-state index contributed by atoms with van der Waals surface area (Å²) in [7, 11) is 0. The molecule has 7 atom stereocenters. The van der Waals surface area contributed by atoms with E-state index in [4.69, 9.17) is 14.2 Å². The molecule has 0 aromatic rings. The molecule has 2 fully saturated rings. The van der Waals surface area contributed by atoms with Gasteiger partial charge in [-0.15, -0.1) is 0 Å². The average Bonchev–Trinajstić information content (AvgIpc) is 2.76. The van der Waals surface area contributed by atoms with E-state index >= 15 is 0 Å². The molecule has 0 radical (unpaired) electrons. The van der Waals surface area contributed by atoms with Crippen LogP contribution in [0.1, 0.15) is 73.6 Å². The van der Waals surface area contributed by atoms with Crippen molar-refractivity contribution in [3.63, 3.8) is 0 Å². The Balaban J connectivity index is 2.51. The molecule has 0 aromatic carbocycles. The van der Waals surface area contributed by atoms with Gasteiger partial charge in [-0.05, 0) is 31.6 Å². The van der Waals surface area contributed by atoms with Crippen molar-refractivity contribution in [3.05, 3.63) is 12.2 Å². The van der Waals surface area contributed by atoms with Crippen molar-refractivity contribution >= 4 is 23.7 Å². The van der Waals surface area contributed by atoms with Crippen molar-refractivity contribution in [3.8, 4) is 0 Å². The van der Waals surface area contributed by atoms with E-state index in [9.17, 15) is 29.4 Å². The molecule has 1 spiro atoms. The van der Waals surface area contributed by atoms with Gasteiger partial charge < -0.3 is 24.4 Å². The van der Waals surface area contributed by atoms with Gasteiger partial charge in [0.1, 0.15) is 18.3 Å². The molecule has 1 saturated heterocycles. The molecule has 0 bridgehead atoms. The maximum absolute atomic E-state index is 13.0. The smallest absolute Gasteiger partial charge is 0.338 e. The third kappa shape index (κ3) is 5.51. The maximum Gasteiger partial charge on any atom is 0.338 e. The Morgan fingerprint density at radius 1 is 1.24 bits per heavy atom. The normalized spacial score (nSPS) is 35.4. The standard InChI is InChI=1S/C25H38O9/c1-8-14(4)22(29)32-18-12-25(16(6)23(30)34-25)21(28)20(33-19(27)11-13(2)3)15(5)9-10-17(26)24(18,7)31/h13-15,18,20-21,28,31H,6,8-12H2,1-5,7H3. The molecule has 0 aromatic heterocycles. The largest absolute Gasteiger partial charge is 0.459 e. The van der Waals surface area contributed by atoms with Crippen molar-refractivity contribution in [2.24, 2.45) is 17.8 Å². The number of rotatable bonds is 6. The summed E-state index contributed by atoms with van der Waals surface area (Å²) >= 11 is 0. The molecular weight excluding hydrogens is 444 g/mol. The molecular formula is C25H38O9. The molecule has 2 N–H and O–H groups in total. The van der Waals surface area contributed by atoms with Gasteiger partial charge in [0.25, 0.3) is 0 Å². The van der Waals surface area contributed by atoms with Gasteiger partial charge in [0.2, 0.25) is 0 Å². The SMILES string of the molecule is C=C1C(=O)OC12CC(OC(=O)C(C)CC)C(C)(O)C(=O)CCC(C)C(OC(=O)CC(C)C)C2O. The van der Waals surface area contributed by atoms with Crippen molar-refractivity contribution < 1.29 is 43.6 Å². The van der Waals surface area contributed by atoms with E-state index in [1.54, 1.807) is 20.8 Å². The average molecular weight is 483 g/mol. The van der Waals surface area contributed by atoms with Crippen LogP contribution in [0.3, 0.4) is 0 Å². The van der Waals surface area contributed by atoms with Crippen LogP contribution in [0.4, 0.5) is 0 Å². The van der Waals surface area contributed by atoms with E-state index in [-0.39, 0.29) is 30.8 Å². The number of aliphatic hydroxyl groups excluding tert-OH is 1. The van der Waals surface area contributed by atoms with Gasteiger partial charge in [-0.3, -0.25) is 14.4 Å². The van der Waals surface area contributed by atoms with Crippen LogP contribution >= 0.6 is 0 Å². The lowest BCUT2D eigenvalue weighted by Crippen LogP contribution is -2.67. The molecule has 34 heavy (non-hydrogen) atoms. The van der Waals surface area contributed by atoms with Gasteiger partial charge in [-0.1, -0.05) is 41.2 Å². The molecule has 9 heteroatoms. The zero-order valence-corrected chi connectivity index (χ0v) is 21.0. The first-order valence-corrected chi connectivity index (χ1v) is 11.9. The van der Waals surface area contributed by atoms with Gasteiger partial charge in [0.05, 0.1) is 11.5 Å². The fraction of sp³-hybridized carbons (Fsp3) is 0.760.